The molecule has 2 aliphatic heterocycles. The van der Waals surface area contributed by atoms with Crippen molar-refractivity contribution in [1.29, 1.82) is 0 Å². The molecule has 0 fully saturated rings. The van der Waals surface area contributed by atoms with Gasteiger partial charge in [-0.3, -0.25) is 9.78 Å². The Balaban J connectivity index is 1.45. The fraction of sp³-hybridized carbons (Fsp3) is 0.417. The summed E-state index contributed by atoms with van der Waals surface area (Å²) >= 11 is 0. The van der Waals surface area contributed by atoms with Crippen molar-refractivity contribution >= 4 is 22.9 Å². The van der Waals surface area contributed by atoms with Crippen LogP contribution in [0.2, 0.25) is 0 Å². The number of benzene rings is 1. The fourth-order valence-electron chi connectivity index (χ4n) is 4.04. The lowest BCUT2D eigenvalue weighted by Gasteiger charge is -2.22. The number of para-hydroxylation sites is 1. The minimum absolute atomic E-state index is 0.113. The number of carbonyl (C=O) groups excluding carboxylic acids is 1. The average Bonchev–Trinajstić information content (AvgIpc) is 3.32. The number of pyridine rings is 1. The van der Waals surface area contributed by atoms with Crippen molar-refractivity contribution in [3.63, 3.8) is 0 Å². The van der Waals surface area contributed by atoms with Crippen LogP contribution in [0.1, 0.15) is 36.4 Å². The predicted octanol–water partition coefficient (Wildman–Crippen LogP) is 3.25. The number of fused-ring (bicyclic) bond motifs is 2. The van der Waals surface area contributed by atoms with Crippen LogP contribution in [0.25, 0.3) is 11.3 Å². The standard InChI is InChI=1S/C24H30N4O2/c1-4-28(5-2)15-14-27(3)13-12-17-10-11-19-21(25-17)16-30-23(19)22-18-8-6-7-9-20(18)26-24(22)29/h6-11H,4-5,12-16H2,1-3H3,(H,26,29)/b23-22+. The van der Waals surface area contributed by atoms with Crippen molar-refractivity contribution in [3.05, 3.63) is 58.9 Å². The minimum Gasteiger partial charge on any atom is -0.486 e. The smallest absolute Gasteiger partial charge is 0.260 e. The number of anilines is 1. The summed E-state index contributed by atoms with van der Waals surface area (Å²) in [5.41, 5.74) is 5.24. The van der Waals surface area contributed by atoms with Gasteiger partial charge >= 0.3 is 0 Å². The van der Waals surface area contributed by atoms with Crippen molar-refractivity contribution in [1.82, 2.24) is 14.8 Å². The normalized spacial score (nSPS) is 17.3. The van der Waals surface area contributed by atoms with Gasteiger partial charge in [0.1, 0.15) is 12.4 Å². The Hall–Kier alpha value is -2.70. The van der Waals surface area contributed by atoms with E-state index in [2.05, 4.69) is 48.1 Å². The van der Waals surface area contributed by atoms with E-state index in [1.54, 1.807) is 0 Å². The molecule has 1 aromatic heterocycles. The zero-order chi connectivity index (χ0) is 21.1. The van der Waals surface area contributed by atoms with Gasteiger partial charge in [0.2, 0.25) is 0 Å². The number of likely N-dealkylation sites (N-methyl/N-ethyl adjacent to an activating group) is 2. The Bertz CT molecular complexity index is 965. The first-order chi connectivity index (χ1) is 14.6. The van der Waals surface area contributed by atoms with Crippen LogP contribution < -0.4 is 5.32 Å². The molecule has 1 aromatic carbocycles. The van der Waals surface area contributed by atoms with Gasteiger partial charge in [-0.15, -0.1) is 0 Å². The van der Waals surface area contributed by atoms with Gasteiger partial charge in [0, 0.05) is 48.6 Å². The van der Waals surface area contributed by atoms with E-state index >= 15 is 0 Å². The van der Waals surface area contributed by atoms with E-state index < -0.39 is 0 Å². The third-order valence-corrected chi connectivity index (χ3v) is 5.97. The molecule has 6 nitrogen and oxygen atoms in total. The highest BCUT2D eigenvalue weighted by molar-refractivity contribution is 6.36. The molecular weight excluding hydrogens is 376 g/mol. The number of carbonyl (C=O) groups is 1. The van der Waals surface area contributed by atoms with Crippen LogP contribution in [0.4, 0.5) is 5.69 Å². The van der Waals surface area contributed by atoms with Gasteiger partial charge in [-0.1, -0.05) is 32.0 Å². The molecular formula is C24H30N4O2. The van der Waals surface area contributed by atoms with Crippen LogP contribution >= 0.6 is 0 Å². The number of amides is 1. The van der Waals surface area contributed by atoms with E-state index in [1.807, 2.05) is 24.3 Å². The lowest BCUT2D eigenvalue weighted by Crippen LogP contribution is -2.34. The van der Waals surface area contributed by atoms with Crippen molar-refractivity contribution in [3.8, 4) is 0 Å². The van der Waals surface area contributed by atoms with E-state index in [0.717, 1.165) is 67.3 Å². The number of hydrogen-bond acceptors (Lipinski definition) is 5. The van der Waals surface area contributed by atoms with Crippen molar-refractivity contribution in [2.24, 2.45) is 0 Å². The highest BCUT2D eigenvalue weighted by Gasteiger charge is 2.32. The molecule has 3 heterocycles. The Morgan fingerprint density at radius 3 is 2.63 bits per heavy atom. The van der Waals surface area contributed by atoms with E-state index in [9.17, 15) is 4.79 Å². The van der Waals surface area contributed by atoms with Gasteiger partial charge in [0.05, 0.1) is 11.3 Å². The second-order valence-corrected chi connectivity index (χ2v) is 7.87. The molecule has 0 unspecified atom stereocenters. The Morgan fingerprint density at radius 1 is 1.03 bits per heavy atom. The van der Waals surface area contributed by atoms with Crippen LogP contribution in [0.5, 0.6) is 0 Å². The van der Waals surface area contributed by atoms with Gasteiger partial charge in [-0.2, -0.15) is 0 Å². The topological polar surface area (TPSA) is 57.7 Å². The maximum absolute atomic E-state index is 12.5. The molecule has 0 atom stereocenters. The molecule has 2 aliphatic rings. The van der Waals surface area contributed by atoms with Crippen molar-refractivity contribution in [2.75, 3.05) is 45.1 Å². The molecule has 2 aromatic rings. The number of hydrogen-bond donors (Lipinski definition) is 1. The zero-order valence-corrected chi connectivity index (χ0v) is 18.1. The summed E-state index contributed by atoms with van der Waals surface area (Å²) in [5, 5.41) is 2.92. The van der Waals surface area contributed by atoms with Crippen LogP contribution in [0.15, 0.2) is 36.4 Å². The maximum atomic E-state index is 12.5. The number of nitrogens with zero attached hydrogens (tertiary/aromatic N) is 3. The van der Waals surface area contributed by atoms with Gasteiger partial charge < -0.3 is 19.9 Å². The van der Waals surface area contributed by atoms with Gasteiger partial charge in [-0.05, 0) is 38.3 Å². The number of rotatable bonds is 8. The summed E-state index contributed by atoms with van der Waals surface area (Å²) in [4.78, 5) is 22.2. The summed E-state index contributed by atoms with van der Waals surface area (Å²) in [5.74, 6) is 0.529. The summed E-state index contributed by atoms with van der Waals surface area (Å²) in [6.07, 6.45) is 0.900. The lowest BCUT2D eigenvalue weighted by molar-refractivity contribution is -0.110. The summed E-state index contributed by atoms with van der Waals surface area (Å²) in [7, 11) is 2.17. The average molecular weight is 407 g/mol. The second-order valence-electron chi connectivity index (χ2n) is 7.87. The first-order valence-electron chi connectivity index (χ1n) is 10.8. The third-order valence-electron chi connectivity index (χ3n) is 5.97. The summed E-state index contributed by atoms with van der Waals surface area (Å²) in [6.45, 7) is 10.1. The van der Waals surface area contributed by atoms with Crippen molar-refractivity contribution < 1.29 is 9.53 Å². The minimum atomic E-state index is -0.113. The first kappa shape index (κ1) is 20.6. The molecule has 30 heavy (non-hydrogen) atoms. The zero-order valence-electron chi connectivity index (χ0n) is 18.1. The Kier molecular flexibility index (Phi) is 6.16. The summed E-state index contributed by atoms with van der Waals surface area (Å²) in [6, 6.07) is 11.8. The molecule has 0 bridgehead atoms. The maximum Gasteiger partial charge on any atom is 0.260 e. The third kappa shape index (κ3) is 4.11. The molecule has 0 aliphatic carbocycles. The number of nitrogens with one attached hydrogen (secondary N) is 1. The molecule has 158 valence electrons. The molecule has 4 rings (SSSR count). The van der Waals surface area contributed by atoms with Gasteiger partial charge in [0.25, 0.3) is 5.91 Å². The second kappa shape index (κ2) is 8.98. The van der Waals surface area contributed by atoms with E-state index in [-0.39, 0.29) is 5.91 Å². The van der Waals surface area contributed by atoms with Crippen LogP contribution in [-0.2, 0) is 22.6 Å². The monoisotopic (exact) mass is 406 g/mol. The van der Waals surface area contributed by atoms with Crippen molar-refractivity contribution in [2.45, 2.75) is 26.9 Å². The molecule has 1 N–H and O–H groups in total. The van der Waals surface area contributed by atoms with Crippen LogP contribution in [0, 0.1) is 0 Å². The number of ether oxygens (including phenoxy) is 1. The molecule has 1 amide bonds. The Labute approximate surface area is 178 Å². The molecule has 0 spiro atoms. The van der Waals surface area contributed by atoms with E-state index in [4.69, 9.17) is 9.72 Å². The van der Waals surface area contributed by atoms with E-state index in [0.29, 0.717) is 17.9 Å². The quantitative estimate of drug-likeness (QED) is 0.682. The molecule has 0 radical (unpaired) electrons. The highest BCUT2D eigenvalue weighted by atomic mass is 16.5. The van der Waals surface area contributed by atoms with Crippen LogP contribution in [-0.4, -0.2) is 60.5 Å². The van der Waals surface area contributed by atoms with Crippen LogP contribution in [0.3, 0.4) is 0 Å². The molecule has 6 heteroatoms. The highest BCUT2D eigenvalue weighted by Crippen LogP contribution is 2.40. The summed E-state index contributed by atoms with van der Waals surface area (Å²) < 4.78 is 5.95. The van der Waals surface area contributed by atoms with E-state index in [1.165, 1.54) is 0 Å². The largest absolute Gasteiger partial charge is 0.486 e. The van der Waals surface area contributed by atoms with Gasteiger partial charge in [0.15, 0.2) is 0 Å². The van der Waals surface area contributed by atoms with Gasteiger partial charge in [-0.25, -0.2) is 0 Å². The molecule has 0 saturated carbocycles. The number of aromatic nitrogens is 1. The predicted molar refractivity (Wildman–Crippen MR) is 120 cm³/mol. The first-order valence-corrected chi connectivity index (χ1v) is 10.8. The lowest BCUT2D eigenvalue weighted by atomic mass is 10.0. The Morgan fingerprint density at radius 2 is 1.83 bits per heavy atom. The SMILES string of the molecule is CCN(CC)CCN(C)CCc1ccc2c(n1)CO/C2=C1/C(=O)Nc2ccccc21. The molecule has 0 saturated heterocycles. The fourth-order valence-corrected chi connectivity index (χ4v) is 4.04.